The van der Waals surface area contributed by atoms with Crippen molar-refractivity contribution in [3.8, 4) is 0 Å². The van der Waals surface area contributed by atoms with Gasteiger partial charge in [0.25, 0.3) is 0 Å². The highest BCUT2D eigenvalue weighted by Gasteiger charge is 2.17. The molecule has 0 aliphatic carbocycles. The van der Waals surface area contributed by atoms with Crippen LogP contribution in [0.2, 0.25) is 10.0 Å². The van der Waals surface area contributed by atoms with E-state index < -0.39 is 6.04 Å². The van der Waals surface area contributed by atoms with Crippen molar-refractivity contribution in [2.75, 3.05) is 0 Å². The first-order valence-corrected chi connectivity index (χ1v) is 7.41. The van der Waals surface area contributed by atoms with Crippen LogP contribution in [0.1, 0.15) is 17.2 Å². The molecule has 0 fully saturated rings. The van der Waals surface area contributed by atoms with E-state index in [-0.39, 0.29) is 5.82 Å². The van der Waals surface area contributed by atoms with Crippen LogP contribution in [0, 0.1) is 5.82 Å². The molecule has 0 aliphatic rings. The number of hydrazine groups is 1. The van der Waals surface area contributed by atoms with E-state index in [9.17, 15) is 4.39 Å². The number of hydrogen-bond acceptors (Lipinski definition) is 2. The Labute approximate surface area is 135 Å². The second kappa shape index (κ2) is 6.87. The third-order valence-electron chi connectivity index (χ3n) is 2.97. The molecule has 1 atom stereocenters. The largest absolute Gasteiger partial charge is 0.271 e. The van der Waals surface area contributed by atoms with Crippen molar-refractivity contribution in [1.29, 1.82) is 0 Å². The van der Waals surface area contributed by atoms with E-state index in [1.165, 1.54) is 12.1 Å². The quantitative estimate of drug-likeness (QED) is 0.601. The minimum atomic E-state index is -0.410. The van der Waals surface area contributed by atoms with Gasteiger partial charge in [-0.3, -0.25) is 11.3 Å². The van der Waals surface area contributed by atoms with Crippen LogP contribution in [-0.2, 0) is 6.42 Å². The maximum absolute atomic E-state index is 13.9. The number of nitrogens with one attached hydrogen (secondary N) is 1. The molecular formula is C14H12BrCl2FN2. The maximum Gasteiger partial charge on any atom is 0.128 e. The normalized spacial score (nSPS) is 12.4. The van der Waals surface area contributed by atoms with Gasteiger partial charge < -0.3 is 0 Å². The average molecular weight is 378 g/mol. The van der Waals surface area contributed by atoms with Crippen LogP contribution >= 0.6 is 39.1 Å². The van der Waals surface area contributed by atoms with Gasteiger partial charge in [0.2, 0.25) is 0 Å². The molecule has 0 spiro atoms. The Morgan fingerprint density at radius 2 is 1.95 bits per heavy atom. The molecule has 0 amide bonds. The fourth-order valence-corrected chi connectivity index (χ4v) is 2.88. The SMILES string of the molecule is NNC(Cc1ccc(Br)cc1Cl)c1cc(Cl)ccc1F. The van der Waals surface area contributed by atoms with Gasteiger partial charge in [0.1, 0.15) is 5.82 Å². The van der Waals surface area contributed by atoms with E-state index in [1.54, 1.807) is 12.1 Å². The number of nitrogens with two attached hydrogens (primary N) is 1. The summed E-state index contributed by atoms with van der Waals surface area (Å²) in [6.45, 7) is 0. The summed E-state index contributed by atoms with van der Waals surface area (Å²) in [7, 11) is 0. The molecule has 6 heteroatoms. The zero-order chi connectivity index (χ0) is 14.7. The lowest BCUT2D eigenvalue weighted by Crippen LogP contribution is -2.30. The van der Waals surface area contributed by atoms with Gasteiger partial charge in [-0.2, -0.15) is 0 Å². The summed E-state index contributed by atoms with van der Waals surface area (Å²) in [5, 5.41) is 1.06. The molecule has 1 unspecified atom stereocenters. The van der Waals surface area contributed by atoms with Crippen molar-refractivity contribution in [3.63, 3.8) is 0 Å². The molecule has 20 heavy (non-hydrogen) atoms. The van der Waals surface area contributed by atoms with E-state index in [2.05, 4.69) is 21.4 Å². The van der Waals surface area contributed by atoms with Gasteiger partial charge in [0, 0.05) is 20.1 Å². The summed E-state index contributed by atoms with van der Waals surface area (Å²) >= 11 is 15.4. The molecule has 0 saturated carbocycles. The first-order valence-electron chi connectivity index (χ1n) is 5.86. The minimum Gasteiger partial charge on any atom is -0.271 e. The molecule has 3 N–H and O–H groups in total. The van der Waals surface area contributed by atoms with Crippen molar-refractivity contribution >= 4 is 39.1 Å². The summed E-state index contributed by atoms with van der Waals surface area (Å²) < 4.78 is 14.8. The summed E-state index contributed by atoms with van der Waals surface area (Å²) in [5.41, 5.74) is 3.90. The van der Waals surface area contributed by atoms with Crippen LogP contribution in [0.5, 0.6) is 0 Å². The standard InChI is InChI=1S/C14H12BrCl2FN2/c15-9-2-1-8(12(17)6-9)5-14(20-19)11-7-10(16)3-4-13(11)18/h1-4,6-7,14,20H,5,19H2. The van der Waals surface area contributed by atoms with E-state index in [0.717, 1.165) is 10.0 Å². The van der Waals surface area contributed by atoms with Crippen LogP contribution in [0.4, 0.5) is 4.39 Å². The smallest absolute Gasteiger partial charge is 0.128 e. The van der Waals surface area contributed by atoms with Crippen molar-refractivity contribution in [2.24, 2.45) is 5.84 Å². The first kappa shape index (κ1) is 15.7. The molecule has 2 aromatic rings. The van der Waals surface area contributed by atoms with Crippen LogP contribution < -0.4 is 11.3 Å². The van der Waals surface area contributed by atoms with Crippen LogP contribution in [0.3, 0.4) is 0 Å². The second-order valence-corrected chi connectivity index (χ2v) is 6.08. The van der Waals surface area contributed by atoms with E-state index >= 15 is 0 Å². The van der Waals surface area contributed by atoms with Crippen molar-refractivity contribution < 1.29 is 4.39 Å². The Morgan fingerprint density at radius 3 is 2.60 bits per heavy atom. The Kier molecular flexibility index (Phi) is 5.41. The molecule has 0 bridgehead atoms. The van der Waals surface area contributed by atoms with Crippen LogP contribution in [0.25, 0.3) is 0 Å². The molecule has 0 heterocycles. The van der Waals surface area contributed by atoms with Gasteiger partial charge in [-0.05, 0) is 42.3 Å². The average Bonchev–Trinajstić information content (AvgIpc) is 2.41. The lowest BCUT2D eigenvalue weighted by molar-refractivity contribution is 0.510. The van der Waals surface area contributed by atoms with Gasteiger partial charge in [0.15, 0.2) is 0 Å². The highest BCUT2D eigenvalue weighted by molar-refractivity contribution is 9.10. The molecule has 2 rings (SSSR count). The first-order chi connectivity index (χ1) is 9.51. The highest BCUT2D eigenvalue weighted by Crippen LogP contribution is 2.28. The molecular weight excluding hydrogens is 366 g/mol. The Balaban J connectivity index is 2.31. The second-order valence-electron chi connectivity index (χ2n) is 4.32. The molecule has 106 valence electrons. The molecule has 0 saturated heterocycles. The number of rotatable bonds is 4. The van der Waals surface area contributed by atoms with Gasteiger partial charge in [-0.25, -0.2) is 4.39 Å². The number of benzene rings is 2. The molecule has 0 aromatic heterocycles. The monoisotopic (exact) mass is 376 g/mol. The van der Waals surface area contributed by atoms with Crippen molar-refractivity contribution in [3.05, 3.63) is 67.9 Å². The van der Waals surface area contributed by atoms with E-state index in [0.29, 0.717) is 22.0 Å². The number of hydrogen-bond donors (Lipinski definition) is 2. The lowest BCUT2D eigenvalue weighted by atomic mass is 9.99. The predicted octanol–water partition coefficient (Wildman–Crippen LogP) is 4.64. The minimum absolute atomic E-state index is 0.356. The number of halogens is 4. The zero-order valence-corrected chi connectivity index (χ0v) is 13.4. The molecule has 0 aliphatic heterocycles. The summed E-state index contributed by atoms with van der Waals surface area (Å²) in [6, 6.07) is 9.52. The molecule has 2 nitrogen and oxygen atoms in total. The Bertz CT molecular complexity index is 622. The van der Waals surface area contributed by atoms with Gasteiger partial charge in [-0.15, -0.1) is 0 Å². The highest BCUT2D eigenvalue weighted by atomic mass is 79.9. The van der Waals surface area contributed by atoms with Crippen LogP contribution in [-0.4, -0.2) is 0 Å². The van der Waals surface area contributed by atoms with Gasteiger partial charge >= 0.3 is 0 Å². The fourth-order valence-electron chi connectivity index (χ4n) is 1.95. The van der Waals surface area contributed by atoms with E-state index in [1.807, 2.05) is 12.1 Å². The summed E-state index contributed by atoms with van der Waals surface area (Å²) in [4.78, 5) is 0. The Hall–Kier alpha value is -0.650. The van der Waals surface area contributed by atoms with Crippen molar-refractivity contribution in [1.82, 2.24) is 5.43 Å². The Morgan fingerprint density at radius 1 is 1.20 bits per heavy atom. The molecule has 0 radical (unpaired) electrons. The topological polar surface area (TPSA) is 38.0 Å². The summed E-state index contributed by atoms with van der Waals surface area (Å²) in [6.07, 6.45) is 0.458. The fraction of sp³-hybridized carbons (Fsp3) is 0.143. The van der Waals surface area contributed by atoms with Crippen LogP contribution in [0.15, 0.2) is 40.9 Å². The predicted molar refractivity (Wildman–Crippen MR) is 84.3 cm³/mol. The third-order valence-corrected chi connectivity index (χ3v) is 4.05. The molecule has 2 aromatic carbocycles. The van der Waals surface area contributed by atoms with Gasteiger partial charge in [0.05, 0.1) is 6.04 Å². The van der Waals surface area contributed by atoms with Gasteiger partial charge in [-0.1, -0.05) is 45.2 Å². The zero-order valence-electron chi connectivity index (χ0n) is 10.3. The summed E-state index contributed by atoms with van der Waals surface area (Å²) in [5.74, 6) is 5.18. The van der Waals surface area contributed by atoms with Crippen molar-refractivity contribution in [2.45, 2.75) is 12.5 Å². The maximum atomic E-state index is 13.9. The van der Waals surface area contributed by atoms with E-state index in [4.69, 9.17) is 29.0 Å². The lowest BCUT2D eigenvalue weighted by Gasteiger charge is -2.18. The third kappa shape index (κ3) is 3.71.